The number of fused-ring (bicyclic) bond motifs is 1. The highest BCUT2D eigenvalue weighted by Crippen LogP contribution is 2.27. The Balaban J connectivity index is 1.64. The van der Waals surface area contributed by atoms with Crippen LogP contribution in [0.25, 0.3) is 16.5 Å². The van der Waals surface area contributed by atoms with Crippen LogP contribution in [0.4, 0.5) is 5.69 Å². The molecule has 0 fully saturated rings. The minimum atomic E-state index is 0.630. The van der Waals surface area contributed by atoms with Gasteiger partial charge in [-0.3, -0.25) is 0 Å². The molecule has 124 valence electrons. The molecule has 4 rings (SSSR count). The number of nitrogens with zero attached hydrogens (tertiary/aromatic N) is 2. The van der Waals surface area contributed by atoms with E-state index in [1.807, 2.05) is 37.3 Å². The van der Waals surface area contributed by atoms with Crippen LogP contribution < -0.4 is 5.32 Å². The highest BCUT2D eigenvalue weighted by atomic mass is 35.5. The molecule has 0 radical (unpaired) electrons. The summed E-state index contributed by atoms with van der Waals surface area (Å²) in [6.07, 6.45) is 0. The van der Waals surface area contributed by atoms with Crippen molar-refractivity contribution < 1.29 is 0 Å². The maximum atomic E-state index is 6.61. The molecule has 1 N–H and O–H groups in total. The van der Waals surface area contributed by atoms with Crippen LogP contribution in [0.15, 0.2) is 72.8 Å². The molecule has 1 heterocycles. The molecule has 3 aromatic carbocycles. The summed E-state index contributed by atoms with van der Waals surface area (Å²) in [5, 5.41) is 11.2. The summed E-state index contributed by atoms with van der Waals surface area (Å²) in [4.78, 5) is 0. The molecule has 0 amide bonds. The fraction of sp³-hybridized carbons (Fsp3) is 0.0952. The molecule has 0 bridgehead atoms. The molecule has 1 aromatic heterocycles. The fourth-order valence-electron chi connectivity index (χ4n) is 3.04. The third kappa shape index (κ3) is 2.99. The lowest BCUT2D eigenvalue weighted by molar-refractivity contribution is 0.863. The Labute approximate surface area is 151 Å². The molecule has 0 unspecified atom stereocenters. The molecule has 0 saturated heterocycles. The zero-order valence-electron chi connectivity index (χ0n) is 13.9. The Hall–Kier alpha value is -2.78. The van der Waals surface area contributed by atoms with E-state index in [0.717, 1.165) is 22.6 Å². The van der Waals surface area contributed by atoms with Gasteiger partial charge in [-0.05, 0) is 30.5 Å². The molecule has 4 heteroatoms. The maximum Gasteiger partial charge on any atom is 0.138 e. The van der Waals surface area contributed by atoms with E-state index in [-0.39, 0.29) is 0 Å². The number of halogens is 1. The number of hydrogen-bond donors (Lipinski definition) is 1. The molecule has 0 atom stereocenters. The van der Waals surface area contributed by atoms with Crippen LogP contribution >= 0.6 is 11.6 Å². The zero-order valence-corrected chi connectivity index (χ0v) is 14.7. The highest BCUT2D eigenvalue weighted by Gasteiger charge is 2.14. The van der Waals surface area contributed by atoms with Gasteiger partial charge in [0, 0.05) is 23.2 Å². The van der Waals surface area contributed by atoms with Gasteiger partial charge in [-0.1, -0.05) is 66.2 Å². The van der Waals surface area contributed by atoms with Gasteiger partial charge in [0.15, 0.2) is 0 Å². The standard InChI is InChI=1S/C21H18ClN3/c1-15-19(21(22)25(24-15)17-10-3-2-4-11-17)14-23-20-13-7-9-16-8-5-6-12-18(16)20/h2-13,23H,14H2,1H3. The van der Waals surface area contributed by atoms with Crippen molar-refractivity contribution in [1.82, 2.24) is 9.78 Å². The fourth-order valence-corrected chi connectivity index (χ4v) is 3.37. The molecular formula is C21H18ClN3. The number of hydrogen-bond acceptors (Lipinski definition) is 2. The minimum absolute atomic E-state index is 0.630. The summed E-state index contributed by atoms with van der Waals surface area (Å²) >= 11 is 6.61. The van der Waals surface area contributed by atoms with Gasteiger partial charge in [-0.2, -0.15) is 5.10 Å². The summed E-state index contributed by atoms with van der Waals surface area (Å²) in [6, 6.07) is 24.6. The lowest BCUT2D eigenvalue weighted by Crippen LogP contribution is -2.01. The third-order valence-corrected chi connectivity index (χ3v) is 4.76. The summed E-state index contributed by atoms with van der Waals surface area (Å²) in [5.41, 5.74) is 4.01. The van der Waals surface area contributed by atoms with Crippen LogP contribution in [-0.2, 0) is 6.54 Å². The van der Waals surface area contributed by atoms with E-state index in [0.29, 0.717) is 11.7 Å². The zero-order chi connectivity index (χ0) is 17.2. The highest BCUT2D eigenvalue weighted by molar-refractivity contribution is 6.30. The number of benzene rings is 3. The van der Waals surface area contributed by atoms with Crippen molar-refractivity contribution in [3.05, 3.63) is 89.2 Å². The summed E-state index contributed by atoms with van der Waals surface area (Å²) in [5.74, 6) is 0. The quantitative estimate of drug-likeness (QED) is 0.520. The van der Waals surface area contributed by atoms with Crippen LogP contribution in [0.1, 0.15) is 11.3 Å². The van der Waals surface area contributed by atoms with Crippen LogP contribution in [0.3, 0.4) is 0 Å². The van der Waals surface area contributed by atoms with Crippen molar-refractivity contribution in [3.8, 4) is 5.69 Å². The summed E-state index contributed by atoms with van der Waals surface area (Å²) in [6.45, 7) is 2.62. The van der Waals surface area contributed by atoms with Crippen molar-refractivity contribution in [1.29, 1.82) is 0 Å². The molecule has 0 aliphatic carbocycles. The van der Waals surface area contributed by atoms with Crippen LogP contribution in [0, 0.1) is 6.92 Å². The van der Waals surface area contributed by atoms with E-state index in [4.69, 9.17) is 11.6 Å². The monoisotopic (exact) mass is 347 g/mol. The van der Waals surface area contributed by atoms with Gasteiger partial charge in [0.05, 0.1) is 11.4 Å². The molecule has 0 saturated carbocycles. The second-order valence-electron chi connectivity index (χ2n) is 5.98. The van der Waals surface area contributed by atoms with E-state index in [9.17, 15) is 0 Å². The number of aryl methyl sites for hydroxylation is 1. The number of aromatic nitrogens is 2. The smallest absolute Gasteiger partial charge is 0.138 e. The van der Waals surface area contributed by atoms with Crippen molar-refractivity contribution in [2.45, 2.75) is 13.5 Å². The lowest BCUT2D eigenvalue weighted by Gasteiger charge is -2.10. The number of nitrogens with one attached hydrogen (secondary N) is 1. The molecule has 0 aliphatic heterocycles. The van der Waals surface area contributed by atoms with E-state index in [1.54, 1.807) is 4.68 Å². The second kappa shape index (κ2) is 6.61. The van der Waals surface area contributed by atoms with Gasteiger partial charge in [0.25, 0.3) is 0 Å². The largest absolute Gasteiger partial charge is 0.380 e. The van der Waals surface area contributed by atoms with E-state index < -0.39 is 0 Å². The van der Waals surface area contributed by atoms with Crippen LogP contribution in [-0.4, -0.2) is 9.78 Å². The molecule has 3 nitrogen and oxygen atoms in total. The molecule has 25 heavy (non-hydrogen) atoms. The third-order valence-electron chi connectivity index (χ3n) is 4.37. The Bertz CT molecular complexity index is 1020. The number of para-hydroxylation sites is 1. The van der Waals surface area contributed by atoms with Gasteiger partial charge < -0.3 is 5.32 Å². The first kappa shape index (κ1) is 15.7. The van der Waals surface area contributed by atoms with E-state index >= 15 is 0 Å². The topological polar surface area (TPSA) is 29.9 Å². The van der Waals surface area contributed by atoms with Gasteiger partial charge >= 0.3 is 0 Å². The van der Waals surface area contributed by atoms with Crippen molar-refractivity contribution in [2.24, 2.45) is 0 Å². The Kier molecular flexibility index (Phi) is 4.16. The first-order valence-electron chi connectivity index (χ1n) is 8.25. The van der Waals surface area contributed by atoms with Gasteiger partial charge in [0.1, 0.15) is 5.15 Å². The number of rotatable bonds is 4. The van der Waals surface area contributed by atoms with Crippen molar-refractivity contribution >= 4 is 28.1 Å². The summed E-state index contributed by atoms with van der Waals surface area (Å²) in [7, 11) is 0. The summed E-state index contributed by atoms with van der Waals surface area (Å²) < 4.78 is 1.79. The molecule has 0 aliphatic rings. The Morgan fingerprint density at radius 3 is 2.48 bits per heavy atom. The minimum Gasteiger partial charge on any atom is -0.380 e. The average Bonchev–Trinajstić information content (AvgIpc) is 2.94. The number of anilines is 1. The van der Waals surface area contributed by atoms with Crippen molar-refractivity contribution in [2.75, 3.05) is 5.32 Å². The Morgan fingerprint density at radius 1 is 0.920 bits per heavy atom. The van der Waals surface area contributed by atoms with Crippen LogP contribution in [0.5, 0.6) is 0 Å². The predicted octanol–water partition coefficient (Wildman–Crippen LogP) is 5.60. The van der Waals surface area contributed by atoms with E-state index in [2.05, 4.69) is 52.9 Å². The Morgan fingerprint density at radius 2 is 1.64 bits per heavy atom. The van der Waals surface area contributed by atoms with Gasteiger partial charge in [-0.25, -0.2) is 4.68 Å². The molecule has 4 aromatic rings. The first-order chi connectivity index (χ1) is 12.2. The van der Waals surface area contributed by atoms with Gasteiger partial charge in [-0.15, -0.1) is 0 Å². The second-order valence-corrected chi connectivity index (χ2v) is 6.34. The predicted molar refractivity (Wildman–Crippen MR) is 105 cm³/mol. The van der Waals surface area contributed by atoms with Crippen molar-refractivity contribution in [3.63, 3.8) is 0 Å². The average molecular weight is 348 g/mol. The van der Waals surface area contributed by atoms with Gasteiger partial charge in [0.2, 0.25) is 0 Å². The lowest BCUT2D eigenvalue weighted by atomic mass is 10.1. The first-order valence-corrected chi connectivity index (χ1v) is 8.63. The van der Waals surface area contributed by atoms with E-state index in [1.165, 1.54) is 10.8 Å². The SMILES string of the molecule is Cc1nn(-c2ccccc2)c(Cl)c1CNc1cccc2ccccc12. The van der Waals surface area contributed by atoms with Crippen LogP contribution in [0.2, 0.25) is 5.15 Å². The molecule has 0 spiro atoms. The maximum absolute atomic E-state index is 6.61. The molecular weight excluding hydrogens is 330 g/mol. The normalized spacial score (nSPS) is 11.0.